The first kappa shape index (κ1) is 15.3. The van der Waals surface area contributed by atoms with Crippen LogP contribution >= 0.6 is 34.5 Å². The molecule has 22 heavy (non-hydrogen) atoms. The summed E-state index contributed by atoms with van der Waals surface area (Å²) >= 11 is 13.8. The van der Waals surface area contributed by atoms with Crippen molar-refractivity contribution >= 4 is 51.5 Å². The number of thiophene rings is 1. The van der Waals surface area contributed by atoms with Gasteiger partial charge in [0.2, 0.25) is 0 Å². The van der Waals surface area contributed by atoms with E-state index in [1.165, 1.54) is 0 Å². The molecule has 0 atom stereocenters. The first-order valence-electron chi connectivity index (χ1n) is 6.44. The molecule has 114 valence electrons. The average Bonchev–Trinajstić information content (AvgIpc) is 3.10. The van der Waals surface area contributed by atoms with Crippen molar-refractivity contribution in [1.82, 2.24) is 15.0 Å². The Balaban J connectivity index is 2.12. The quantitative estimate of drug-likeness (QED) is 0.429. The predicted octanol–water partition coefficient (Wildman–Crippen LogP) is 2.99. The summed E-state index contributed by atoms with van der Waals surface area (Å²) in [6, 6.07) is 7.42. The molecule has 1 amide bonds. The number of hydrogen-bond acceptors (Lipinski definition) is 4. The Kier molecular flexibility index (Phi) is 4.35. The van der Waals surface area contributed by atoms with E-state index in [1.807, 2.05) is 17.5 Å². The molecule has 0 aliphatic carbocycles. The van der Waals surface area contributed by atoms with E-state index in [2.05, 4.69) is 10.4 Å². The van der Waals surface area contributed by atoms with E-state index in [0.717, 1.165) is 16.2 Å². The van der Waals surface area contributed by atoms with E-state index in [9.17, 15) is 4.79 Å². The van der Waals surface area contributed by atoms with Gasteiger partial charge in [-0.15, -0.1) is 11.3 Å². The molecule has 0 fully saturated rings. The van der Waals surface area contributed by atoms with Crippen molar-refractivity contribution < 1.29 is 4.79 Å². The van der Waals surface area contributed by atoms with E-state index >= 15 is 0 Å². The zero-order valence-electron chi connectivity index (χ0n) is 11.3. The highest BCUT2D eigenvalue weighted by Crippen LogP contribution is 2.29. The van der Waals surface area contributed by atoms with Gasteiger partial charge in [0.05, 0.1) is 21.1 Å². The lowest BCUT2D eigenvalue weighted by molar-refractivity contribution is -0.121. The number of imidazole rings is 1. The minimum atomic E-state index is -0.308. The van der Waals surface area contributed by atoms with Crippen LogP contribution in [0.3, 0.4) is 0 Å². The number of aromatic nitrogens is 2. The number of hydrogen-bond donors (Lipinski definition) is 2. The van der Waals surface area contributed by atoms with Crippen molar-refractivity contribution in [2.45, 2.75) is 13.0 Å². The van der Waals surface area contributed by atoms with E-state index < -0.39 is 0 Å². The van der Waals surface area contributed by atoms with E-state index in [-0.39, 0.29) is 12.5 Å². The number of benzene rings is 1. The maximum atomic E-state index is 11.7. The number of hydrazine groups is 1. The Morgan fingerprint density at radius 2 is 2.14 bits per heavy atom. The lowest BCUT2D eigenvalue weighted by Gasteiger charge is -2.08. The third kappa shape index (κ3) is 2.96. The van der Waals surface area contributed by atoms with Crippen molar-refractivity contribution in [3.8, 4) is 0 Å². The number of nitrogens with zero attached hydrogens (tertiary/aromatic N) is 2. The van der Waals surface area contributed by atoms with Gasteiger partial charge in [-0.1, -0.05) is 29.3 Å². The second-order valence-electron chi connectivity index (χ2n) is 4.69. The average molecular weight is 355 g/mol. The maximum Gasteiger partial charge on any atom is 0.253 e. The van der Waals surface area contributed by atoms with E-state index in [1.54, 1.807) is 28.0 Å². The van der Waals surface area contributed by atoms with Gasteiger partial charge >= 0.3 is 0 Å². The fourth-order valence-corrected chi connectivity index (χ4v) is 3.26. The molecule has 0 aliphatic rings. The highest BCUT2D eigenvalue weighted by atomic mass is 35.5. The highest BCUT2D eigenvalue weighted by molar-refractivity contribution is 7.09. The summed E-state index contributed by atoms with van der Waals surface area (Å²) in [7, 11) is 0. The molecule has 2 heterocycles. The molecular formula is C14H12Cl2N4OS. The van der Waals surface area contributed by atoms with Crippen molar-refractivity contribution in [1.29, 1.82) is 0 Å². The van der Waals surface area contributed by atoms with Gasteiger partial charge < -0.3 is 4.57 Å². The number of carbonyl (C=O) groups is 1. The number of nitrogens with two attached hydrogens (primary N) is 1. The lowest BCUT2D eigenvalue weighted by Crippen LogP contribution is -2.33. The predicted molar refractivity (Wildman–Crippen MR) is 89.2 cm³/mol. The molecule has 0 radical (unpaired) electrons. The molecule has 3 aromatic rings. The van der Waals surface area contributed by atoms with Crippen molar-refractivity contribution in [2.24, 2.45) is 5.84 Å². The van der Waals surface area contributed by atoms with Gasteiger partial charge in [0, 0.05) is 11.3 Å². The minimum Gasteiger partial charge on any atom is -0.318 e. The first-order valence-corrected chi connectivity index (χ1v) is 8.08. The maximum absolute atomic E-state index is 11.7. The standard InChI is InChI=1S/C14H12Cl2N4OS/c15-9-5-11-12(6-10(9)16)20(7-14(21)19-17)13(18-11)4-8-2-1-3-22-8/h1-3,5-6H,4,7,17H2,(H,19,21). The van der Waals surface area contributed by atoms with Crippen LogP contribution in [0.25, 0.3) is 11.0 Å². The Morgan fingerprint density at radius 3 is 2.82 bits per heavy atom. The fourth-order valence-electron chi connectivity index (χ4n) is 2.24. The van der Waals surface area contributed by atoms with E-state index in [0.29, 0.717) is 22.0 Å². The topological polar surface area (TPSA) is 72.9 Å². The summed E-state index contributed by atoms with van der Waals surface area (Å²) in [6.07, 6.45) is 0.624. The summed E-state index contributed by atoms with van der Waals surface area (Å²) in [5.74, 6) is 5.65. The van der Waals surface area contributed by atoms with Gasteiger partial charge in [0.15, 0.2) is 0 Å². The molecule has 0 saturated carbocycles. The molecule has 0 unspecified atom stereocenters. The van der Waals surface area contributed by atoms with Gasteiger partial charge in [0.25, 0.3) is 5.91 Å². The van der Waals surface area contributed by atoms with Crippen LogP contribution in [0.1, 0.15) is 10.7 Å². The second-order valence-corrected chi connectivity index (χ2v) is 6.54. The molecule has 3 N–H and O–H groups in total. The summed E-state index contributed by atoms with van der Waals surface area (Å²) in [6.45, 7) is 0.0751. The normalized spacial score (nSPS) is 11.0. The number of halogens is 2. The number of fused-ring (bicyclic) bond motifs is 1. The summed E-state index contributed by atoms with van der Waals surface area (Å²) in [5, 5.41) is 2.86. The van der Waals surface area contributed by atoms with Gasteiger partial charge in [-0.25, -0.2) is 10.8 Å². The fraction of sp³-hybridized carbons (Fsp3) is 0.143. The van der Waals surface area contributed by atoms with Crippen LogP contribution in [-0.4, -0.2) is 15.5 Å². The van der Waals surface area contributed by atoms with Crippen LogP contribution in [0.4, 0.5) is 0 Å². The van der Waals surface area contributed by atoms with Gasteiger partial charge in [0.1, 0.15) is 12.4 Å². The summed E-state index contributed by atoms with van der Waals surface area (Å²) < 4.78 is 1.81. The zero-order valence-corrected chi connectivity index (χ0v) is 13.7. The molecule has 0 saturated heterocycles. The van der Waals surface area contributed by atoms with Crippen LogP contribution in [-0.2, 0) is 17.8 Å². The van der Waals surface area contributed by atoms with Crippen LogP contribution in [0.5, 0.6) is 0 Å². The molecular weight excluding hydrogens is 343 g/mol. The van der Waals surface area contributed by atoms with Gasteiger partial charge in [-0.3, -0.25) is 10.2 Å². The highest BCUT2D eigenvalue weighted by Gasteiger charge is 2.16. The number of carbonyl (C=O) groups excluding carboxylic acids is 1. The number of rotatable bonds is 4. The molecule has 0 spiro atoms. The van der Waals surface area contributed by atoms with Crippen LogP contribution in [0.2, 0.25) is 10.0 Å². The molecule has 8 heteroatoms. The first-order chi connectivity index (χ1) is 10.6. The van der Waals surface area contributed by atoms with Gasteiger partial charge in [-0.2, -0.15) is 0 Å². The Morgan fingerprint density at radius 1 is 1.36 bits per heavy atom. The SMILES string of the molecule is NNC(=O)Cn1c(Cc2cccs2)nc2cc(Cl)c(Cl)cc21. The molecule has 2 aromatic heterocycles. The minimum absolute atomic E-state index is 0.0751. The molecule has 5 nitrogen and oxygen atoms in total. The largest absolute Gasteiger partial charge is 0.318 e. The Bertz CT molecular complexity index is 829. The summed E-state index contributed by atoms with van der Waals surface area (Å²) in [5.41, 5.74) is 3.59. The zero-order chi connectivity index (χ0) is 15.7. The molecule has 0 bridgehead atoms. The molecule has 3 rings (SSSR count). The molecule has 1 aromatic carbocycles. The van der Waals surface area contributed by atoms with Gasteiger partial charge in [-0.05, 0) is 23.6 Å². The van der Waals surface area contributed by atoms with Crippen LogP contribution in [0.15, 0.2) is 29.6 Å². The Hall–Kier alpha value is -1.60. The second kappa shape index (κ2) is 6.26. The van der Waals surface area contributed by atoms with Crippen molar-refractivity contribution in [3.63, 3.8) is 0 Å². The summed E-state index contributed by atoms with van der Waals surface area (Å²) in [4.78, 5) is 17.4. The number of amides is 1. The van der Waals surface area contributed by atoms with Crippen molar-refractivity contribution in [2.75, 3.05) is 0 Å². The van der Waals surface area contributed by atoms with Crippen LogP contribution in [0, 0.1) is 0 Å². The smallest absolute Gasteiger partial charge is 0.253 e. The monoisotopic (exact) mass is 354 g/mol. The van der Waals surface area contributed by atoms with Crippen molar-refractivity contribution in [3.05, 3.63) is 50.4 Å². The third-order valence-corrected chi connectivity index (χ3v) is 4.84. The van der Waals surface area contributed by atoms with Crippen LogP contribution < -0.4 is 11.3 Å². The lowest BCUT2D eigenvalue weighted by atomic mass is 10.3. The Labute approximate surface area is 140 Å². The third-order valence-electron chi connectivity index (χ3n) is 3.24. The van der Waals surface area contributed by atoms with E-state index in [4.69, 9.17) is 29.0 Å². The number of nitrogens with one attached hydrogen (secondary N) is 1. The molecule has 0 aliphatic heterocycles.